The van der Waals surface area contributed by atoms with Crippen LogP contribution in [0.2, 0.25) is 0 Å². The molecule has 4 rings (SSSR count). The molecule has 8 unspecified atom stereocenters. The van der Waals surface area contributed by atoms with Gasteiger partial charge >= 0.3 is 6.18 Å². The third kappa shape index (κ3) is 1.36. The number of aliphatic hydroxyl groups is 1. The quantitative estimate of drug-likeness (QED) is 0.573. The lowest BCUT2D eigenvalue weighted by molar-refractivity contribution is -0.280. The van der Waals surface area contributed by atoms with E-state index in [4.69, 9.17) is 0 Å². The van der Waals surface area contributed by atoms with E-state index in [1.54, 1.807) is 0 Å². The van der Waals surface area contributed by atoms with Crippen molar-refractivity contribution in [2.75, 3.05) is 0 Å². The van der Waals surface area contributed by atoms with Gasteiger partial charge in [0.1, 0.15) is 0 Å². The maximum absolute atomic E-state index is 13.1. The molecule has 4 heteroatoms. The number of fused-ring (bicyclic) bond motifs is 9. The molecule has 1 N–H and O–H groups in total. The van der Waals surface area contributed by atoms with Gasteiger partial charge in [-0.3, -0.25) is 0 Å². The Hall–Kier alpha value is -0.510. The zero-order chi connectivity index (χ0) is 13.6. The normalized spacial score (nSPS) is 53.6. The lowest BCUT2D eigenvalue weighted by Gasteiger charge is -2.43. The highest BCUT2D eigenvalue weighted by Crippen LogP contribution is 2.69. The van der Waals surface area contributed by atoms with E-state index in [1.807, 2.05) is 0 Å². The standard InChI is InChI=1S/C15H19F3O/c1-14(19,15(16,17)18)11-6-9-5-10(11)13-8-3-2-7(4-8)12(9)13/h2-3,7-13,19H,4-6H2,1H3. The molecule has 3 fully saturated rings. The van der Waals surface area contributed by atoms with Gasteiger partial charge in [-0.1, -0.05) is 12.2 Å². The van der Waals surface area contributed by atoms with Crippen LogP contribution < -0.4 is 0 Å². The molecule has 3 saturated carbocycles. The van der Waals surface area contributed by atoms with Crippen molar-refractivity contribution in [2.45, 2.75) is 38.0 Å². The zero-order valence-electron chi connectivity index (χ0n) is 10.9. The number of hydrogen-bond donors (Lipinski definition) is 1. The summed E-state index contributed by atoms with van der Waals surface area (Å²) in [5.41, 5.74) is -2.51. The Morgan fingerprint density at radius 1 is 1.00 bits per heavy atom. The van der Waals surface area contributed by atoms with Crippen molar-refractivity contribution in [3.63, 3.8) is 0 Å². The summed E-state index contributed by atoms with van der Waals surface area (Å²) in [6, 6.07) is 0. The first-order valence-corrected chi connectivity index (χ1v) is 7.28. The van der Waals surface area contributed by atoms with Gasteiger partial charge < -0.3 is 5.11 Å². The third-order valence-electron chi connectivity index (χ3n) is 6.57. The molecule has 4 aliphatic rings. The second-order valence-corrected chi connectivity index (χ2v) is 7.25. The predicted octanol–water partition coefficient (Wildman–Crippen LogP) is 3.39. The lowest BCUT2D eigenvalue weighted by atomic mass is 9.65. The van der Waals surface area contributed by atoms with Crippen LogP contribution in [0.5, 0.6) is 0 Å². The van der Waals surface area contributed by atoms with Crippen molar-refractivity contribution in [3.8, 4) is 0 Å². The SMILES string of the molecule is CC(O)(C1CC2CC1C1C3C=CC(C3)C21)C(F)(F)F. The van der Waals surface area contributed by atoms with Crippen molar-refractivity contribution in [2.24, 2.45) is 41.4 Å². The fraction of sp³-hybridized carbons (Fsp3) is 0.867. The molecule has 0 radical (unpaired) electrons. The minimum Gasteiger partial charge on any atom is -0.380 e. The molecule has 0 heterocycles. The molecule has 4 bridgehead atoms. The summed E-state index contributed by atoms with van der Waals surface area (Å²) >= 11 is 0. The van der Waals surface area contributed by atoms with Crippen LogP contribution in [0.3, 0.4) is 0 Å². The molecule has 0 aromatic rings. The summed E-state index contributed by atoms with van der Waals surface area (Å²) in [7, 11) is 0. The van der Waals surface area contributed by atoms with Gasteiger partial charge in [0, 0.05) is 0 Å². The number of hydrogen-bond acceptors (Lipinski definition) is 1. The molecular formula is C15H19F3O. The van der Waals surface area contributed by atoms with Gasteiger partial charge in [-0.05, 0) is 67.6 Å². The largest absolute Gasteiger partial charge is 0.417 e. The van der Waals surface area contributed by atoms with Gasteiger partial charge in [0.25, 0.3) is 0 Å². The third-order valence-corrected chi connectivity index (χ3v) is 6.57. The number of halogens is 3. The average Bonchev–Trinajstić information content (AvgIpc) is 3.05. The summed E-state index contributed by atoms with van der Waals surface area (Å²) in [5.74, 6) is 2.01. The van der Waals surface area contributed by atoms with Crippen molar-refractivity contribution in [1.29, 1.82) is 0 Å². The molecule has 0 saturated heterocycles. The second kappa shape index (κ2) is 3.38. The van der Waals surface area contributed by atoms with Gasteiger partial charge in [0.15, 0.2) is 5.60 Å². The molecular weight excluding hydrogens is 253 g/mol. The highest BCUT2D eigenvalue weighted by molar-refractivity contribution is 5.22. The molecule has 0 amide bonds. The summed E-state index contributed by atoms with van der Waals surface area (Å²) < 4.78 is 39.2. The van der Waals surface area contributed by atoms with Crippen LogP contribution in [-0.4, -0.2) is 16.9 Å². The molecule has 8 atom stereocenters. The van der Waals surface area contributed by atoms with Crippen LogP contribution in [0, 0.1) is 41.4 Å². The minimum atomic E-state index is -4.51. The van der Waals surface area contributed by atoms with E-state index in [2.05, 4.69) is 12.2 Å². The van der Waals surface area contributed by atoms with Gasteiger partial charge in [0.05, 0.1) is 0 Å². The average molecular weight is 272 g/mol. The molecule has 0 aromatic heterocycles. The van der Waals surface area contributed by atoms with Crippen LogP contribution in [0.15, 0.2) is 12.2 Å². The number of allylic oxidation sites excluding steroid dienone is 2. The van der Waals surface area contributed by atoms with Crippen molar-refractivity contribution in [3.05, 3.63) is 12.2 Å². The van der Waals surface area contributed by atoms with Crippen LogP contribution in [0.4, 0.5) is 13.2 Å². The van der Waals surface area contributed by atoms with E-state index in [1.165, 1.54) is 0 Å². The Labute approximate surface area is 110 Å². The lowest BCUT2D eigenvalue weighted by Crippen LogP contribution is -2.52. The van der Waals surface area contributed by atoms with Crippen molar-refractivity contribution in [1.82, 2.24) is 0 Å². The molecule has 0 spiro atoms. The topological polar surface area (TPSA) is 20.2 Å². The second-order valence-electron chi connectivity index (χ2n) is 7.25. The Morgan fingerprint density at radius 3 is 2.26 bits per heavy atom. The molecule has 0 aliphatic heterocycles. The summed E-state index contributed by atoms with van der Waals surface area (Å²) in [6.45, 7) is 0.983. The first kappa shape index (κ1) is 12.2. The molecule has 1 nitrogen and oxygen atoms in total. The van der Waals surface area contributed by atoms with Gasteiger partial charge in [0.2, 0.25) is 0 Å². The van der Waals surface area contributed by atoms with Gasteiger partial charge in [-0.2, -0.15) is 13.2 Å². The van der Waals surface area contributed by atoms with Gasteiger partial charge in [-0.25, -0.2) is 0 Å². The van der Waals surface area contributed by atoms with E-state index in [0.29, 0.717) is 36.0 Å². The van der Waals surface area contributed by atoms with Crippen molar-refractivity contribution >= 4 is 0 Å². The monoisotopic (exact) mass is 272 g/mol. The Balaban J connectivity index is 1.65. The summed E-state index contributed by atoms with van der Waals surface area (Å²) in [6.07, 6.45) is 2.60. The van der Waals surface area contributed by atoms with Crippen LogP contribution >= 0.6 is 0 Å². The van der Waals surface area contributed by atoms with E-state index in [0.717, 1.165) is 19.8 Å². The summed E-state index contributed by atoms with van der Waals surface area (Å²) in [5, 5.41) is 10.0. The van der Waals surface area contributed by atoms with E-state index in [9.17, 15) is 18.3 Å². The maximum Gasteiger partial charge on any atom is 0.417 e. The first-order valence-electron chi connectivity index (χ1n) is 7.28. The van der Waals surface area contributed by atoms with Crippen LogP contribution in [0.1, 0.15) is 26.2 Å². The van der Waals surface area contributed by atoms with E-state index < -0.39 is 17.7 Å². The van der Waals surface area contributed by atoms with E-state index >= 15 is 0 Å². The zero-order valence-corrected chi connectivity index (χ0v) is 10.9. The maximum atomic E-state index is 13.1. The molecule has 106 valence electrons. The Bertz CT molecular complexity index is 439. The number of rotatable bonds is 1. The number of alkyl halides is 3. The van der Waals surface area contributed by atoms with Crippen molar-refractivity contribution < 1.29 is 18.3 Å². The van der Waals surface area contributed by atoms with Crippen LogP contribution in [-0.2, 0) is 0 Å². The Morgan fingerprint density at radius 2 is 1.63 bits per heavy atom. The fourth-order valence-corrected chi connectivity index (χ4v) is 5.87. The molecule has 0 aromatic carbocycles. The van der Waals surface area contributed by atoms with E-state index in [-0.39, 0.29) is 5.92 Å². The Kier molecular flexibility index (Phi) is 2.18. The smallest absolute Gasteiger partial charge is 0.380 e. The first-order chi connectivity index (χ1) is 8.80. The highest BCUT2D eigenvalue weighted by atomic mass is 19.4. The summed E-state index contributed by atoms with van der Waals surface area (Å²) in [4.78, 5) is 0. The molecule has 4 aliphatic carbocycles. The predicted molar refractivity (Wildman–Crippen MR) is 64.1 cm³/mol. The van der Waals surface area contributed by atoms with Gasteiger partial charge in [-0.15, -0.1) is 0 Å². The highest BCUT2D eigenvalue weighted by Gasteiger charge is 2.67. The van der Waals surface area contributed by atoms with Crippen LogP contribution in [0.25, 0.3) is 0 Å². The minimum absolute atomic E-state index is 0.0755. The fourth-order valence-electron chi connectivity index (χ4n) is 5.87. The molecule has 19 heavy (non-hydrogen) atoms.